The molecule has 1 unspecified atom stereocenters. The quantitative estimate of drug-likeness (QED) is 0.780. The zero-order valence-corrected chi connectivity index (χ0v) is 14.1. The van der Waals surface area contributed by atoms with E-state index in [2.05, 4.69) is 34.2 Å². The summed E-state index contributed by atoms with van der Waals surface area (Å²) in [5.41, 5.74) is 0. The number of rotatable bonds is 7. The fourth-order valence-electron chi connectivity index (χ4n) is 2.64. The molecule has 120 valence electrons. The van der Waals surface area contributed by atoms with Gasteiger partial charge in [0, 0.05) is 29.3 Å². The third-order valence-corrected chi connectivity index (χ3v) is 5.09. The number of hydrogen-bond acceptors (Lipinski definition) is 6. The Hall–Kier alpha value is -1.24. The summed E-state index contributed by atoms with van der Waals surface area (Å²) in [4.78, 5) is 5.04. The summed E-state index contributed by atoms with van der Waals surface area (Å²) in [6.45, 7) is 7.65. The van der Waals surface area contributed by atoms with E-state index in [0.29, 0.717) is 24.4 Å². The second kappa shape index (κ2) is 7.35. The van der Waals surface area contributed by atoms with E-state index in [1.54, 1.807) is 0 Å². The Bertz CT molecular complexity index is 590. The summed E-state index contributed by atoms with van der Waals surface area (Å²) in [6, 6.07) is 4.43. The zero-order chi connectivity index (χ0) is 15.4. The van der Waals surface area contributed by atoms with E-state index in [9.17, 15) is 0 Å². The largest absolute Gasteiger partial charge is 0.424 e. The molecule has 0 N–H and O–H groups in total. The summed E-state index contributed by atoms with van der Waals surface area (Å²) >= 11 is 1.86. The predicted molar refractivity (Wildman–Crippen MR) is 85.7 cm³/mol. The minimum absolute atomic E-state index is 0.317. The smallest absolute Gasteiger partial charge is 0.230 e. The lowest BCUT2D eigenvalue weighted by molar-refractivity contribution is 0.114. The lowest BCUT2D eigenvalue weighted by Gasteiger charge is -2.17. The Labute approximate surface area is 135 Å². The lowest BCUT2D eigenvalue weighted by Crippen LogP contribution is -2.22. The molecule has 3 heterocycles. The fourth-order valence-corrected chi connectivity index (χ4v) is 3.78. The standard InChI is InChI=1S/C16H23N3O2S/c1-3-15-17-18-16(21-15)11-19(4-2)10-12-7-8-14(22-12)13-6-5-9-20-13/h7-8,13H,3-6,9-11H2,1-2H3. The molecular weight excluding hydrogens is 298 g/mol. The van der Waals surface area contributed by atoms with Gasteiger partial charge in [-0.15, -0.1) is 21.5 Å². The van der Waals surface area contributed by atoms with Crippen molar-refractivity contribution in [2.45, 2.75) is 52.3 Å². The molecule has 1 fully saturated rings. The average Bonchev–Trinajstić information content (AvgIpc) is 3.27. The molecule has 2 aromatic heterocycles. The summed E-state index contributed by atoms with van der Waals surface area (Å²) in [7, 11) is 0. The van der Waals surface area contributed by atoms with Crippen molar-refractivity contribution in [3.05, 3.63) is 33.7 Å². The van der Waals surface area contributed by atoms with Crippen LogP contribution in [-0.2, 0) is 24.2 Å². The third-order valence-electron chi connectivity index (χ3n) is 3.93. The maximum atomic E-state index is 5.76. The molecule has 0 saturated carbocycles. The minimum atomic E-state index is 0.317. The molecule has 6 heteroatoms. The molecule has 3 rings (SSSR count). The van der Waals surface area contributed by atoms with Crippen LogP contribution in [0, 0.1) is 0 Å². The van der Waals surface area contributed by atoms with Crippen LogP contribution in [0.4, 0.5) is 0 Å². The highest BCUT2D eigenvalue weighted by Crippen LogP contribution is 2.33. The van der Waals surface area contributed by atoms with Gasteiger partial charge in [-0.1, -0.05) is 13.8 Å². The van der Waals surface area contributed by atoms with Crippen molar-refractivity contribution in [1.82, 2.24) is 15.1 Å². The molecule has 0 bridgehead atoms. The van der Waals surface area contributed by atoms with Crippen molar-refractivity contribution in [2.75, 3.05) is 13.2 Å². The second-order valence-corrected chi connectivity index (χ2v) is 6.75. The van der Waals surface area contributed by atoms with Crippen LogP contribution < -0.4 is 0 Å². The Kier molecular flexibility index (Phi) is 5.23. The van der Waals surface area contributed by atoms with Crippen LogP contribution >= 0.6 is 11.3 Å². The van der Waals surface area contributed by atoms with Crippen LogP contribution in [0.2, 0.25) is 0 Å². The molecule has 0 amide bonds. The SMILES string of the molecule is CCc1nnc(CN(CC)Cc2ccc(C3CCCO3)s2)o1. The van der Waals surface area contributed by atoms with Gasteiger partial charge in [-0.25, -0.2) is 0 Å². The van der Waals surface area contributed by atoms with E-state index in [4.69, 9.17) is 9.15 Å². The third kappa shape index (κ3) is 3.74. The molecule has 0 spiro atoms. The molecule has 1 aliphatic heterocycles. The van der Waals surface area contributed by atoms with E-state index in [1.807, 2.05) is 18.3 Å². The first-order chi connectivity index (χ1) is 10.8. The van der Waals surface area contributed by atoms with Crippen molar-refractivity contribution in [2.24, 2.45) is 0 Å². The number of nitrogens with zero attached hydrogens (tertiary/aromatic N) is 3. The normalized spacial score (nSPS) is 18.4. The van der Waals surface area contributed by atoms with Gasteiger partial charge in [-0.05, 0) is 31.5 Å². The molecule has 1 atom stereocenters. The van der Waals surface area contributed by atoms with Gasteiger partial charge in [0.25, 0.3) is 0 Å². The number of thiophene rings is 1. The van der Waals surface area contributed by atoms with E-state index in [-0.39, 0.29) is 0 Å². The zero-order valence-electron chi connectivity index (χ0n) is 13.2. The fraction of sp³-hybridized carbons (Fsp3) is 0.625. The van der Waals surface area contributed by atoms with Gasteiger partial charge in [0.1, 0.15) is 0 Å². The summed E-state index contributed by atoms with van der Waals surface area (Å²) in [6.07, 6.45) is 3.43. The second-order valence-electron chi connectivity index (χ2n) is 5.55. The first-order valence-corrected chi connectivity index (χ1v) is 8.84. The number of aromatic nitrogens is 2. The van der Waals surface area contributed by atoms with Crippen LogP contribution in [0.1, 0.15) is 54.3 Å². The van der Waals surface area contributed by atoms with Gasteiger partial charge in [-0.2, -0.15) is 0 Å². The Morgan fingerprint density at radius 3 is 2.77 bits per heavy atom. The highest BCUT2D eigenvalue weighted by atomic mass is 32.1. The maximum absolute atomic E-state index is 5.76. The monoisotopic (exact) mass is 321 g/mol. The van der Waals surface area contributed by atoms with Gasteiger partial charge in [-0.3, -0.25) is 4.90 Å². The summed E-state index contributed by atoms with van der Waals surface area (Å²) in [5, 5.41) is 8.14. The Morgan fingerprint density at radius 1 is 1.23 bits per heavy atom. The van der Waals surface area contributed by atoms with Gasteiger partial charge in [0.05, 0.1) is 12.6 Å². The van der Waals surface area contributed by atoms with Crippen molar-refractivity contribution in [1.29, 1.82) is 0 Å². The number of hydrogen-bond donors (Lipinski definition) is 0. The van der Waals surface area contributed by atoms with Gasteiger partial charge in [0.2, 0.25) is 11.8 Å². The molecular formula is C16H23N3O2S. The highest BCUT2D eigenvalue weighted by Gasteiger charge is 2.20. The molecule has 0 aromatic carbocycles. The van der Waals surface area contributed by atoms with Crippen LogP contribution in [0.15, 0.2) is 16.5 Å². The van der Waals surface area contributed by atoms with Gasteiger partial charge >= 0.3 is 0 Å². The minimum Gasteiger partial charge on any atom is -0.424 e. The summed E-state index contributed by atoms with van der Waals surface area (Å²) in [5.74, 6) is 1.41. The predicted octanol–water partition coefficient (Wildman–Crippen LogP) is 3.57. The topological polar surface area (TPSA) is 51.4 Å². The van der Waals surface area contributed by atoms with Crippen LogP contribution in [0.3, 0.4) is 0 Å². The molecule has 5 nitrogen and oxygen atoms in total. The number of aryl methyl sites for hydroxylation is 1. The van der Waals surface area contributed by atoms with E-state index in [1.165, 1.54) is 16.2 Å². The molecule has 1 saturated heterocycles. The molecule has 2 aromatic rings. The highest BCUT2D eigenvalue weighted by molar-refractivity contribution is 7.12. The summed E-state index contributed by atoms with van der Waals surface area (Å²) < 4.78 is 11.4. The van der Waals surface area contributed by atoms with E-state index >= 15 is 0 Å². The lowest BCUT2D eigenvalue weighted by atomic mass is 10.2. The Balaban J connectivity index is 1.59. The number of ether oxygens (including phenoxy) is 1. The maximum Gasteiger partial charge on any atom is 0.230 e. The Morgan fingerprint density at radius 2 is 2.09 bits per heavy atom. The van der Waals surface area contributed by atoms with Crippen molar-refractivity contribution in [3.63, 3.8) is 0 Å². The van der Waals surface area contributed by atoms with E-state index in [0.717, 1.165) is 32.5 Å². The van der Waals surface area contributed by atoms with Crippen molar-refractivity contribution >= 4 is 11.3 Å². The van der Waals surface area contributed by atoms with Gasteiger partial charge < -0.3 is 9.15 Å². The van der Waals surface area contributed by atoms with Crippen molar-refractivity contribution < 1.29 is 9.15 Å². The van der Waals surface area contributed by atoms with Crippen LogP contribution in [0.5, 0.6) is 0 Å². The van der Waals surface area contributed by atoms with Gasteiger partial charge in [0.15, 0.2) is 0 Å². The molecule has 0 radical (unpaired) electrons. The van der Waals surface area contributed by atoms with Crippen molar-refractivity contribution in [3.8, 4) is 0 Å². The molecule has 22 heavy (non-hydrogen) atoms. The molecule has 1 aliphatic rings. The molecule has 0 aliphatic carbocycles. The van der Waals surface area contributed by atoms with Crippen LogP contribution in [0.25, 0.3) is 0 Å². The van der Waals surface area contributed by atoms with E-state index < -0.39 is 0 Å². The first kappa shape index (κ1) is 15.6. The first-order valence-electron chi connectivity index (χ1n) is 8.02. The van der Waals surface area contributed by atoms with Crippen LogP contribution in [-0.4, -0.2) is 28.2 Å². The average molecular weight is 321 g/mol.